The van der Waals surface area contributed by atoms with Crippen molar-refractivity contribution in [2.75, 3.05) is 18.5 Å². The predicted octanol–water partition coefficient (Wildman–Crippen LogP) is 5.02. The second-order valence-corrected chi connectivity index (χ2v) is 8.26. The molecule has 5 nitrogen and oxygen atoms in total. The Morgan fingerprint density at radius 3 is 2.52 bits per heavy atom. The third-order valence-electron chi connectivity index (χ3n) is 5.48. The lowest BCUT2D eigenvalue weighted by atomic mass is 9.81. The van der Waals surface area contributed by atoms with Crippen molar-refractivity contribution in [1.82, 2.24) is 19.9 Å². The van der Waals surface area contributed by atoms with Gasteiger partial charge in [-0.15, -0.1) is 0 Å². The summed E-state index contributed by atoms with van der Waals surface area (Å²) < 4.78 is 41.3. The molecule has 0 radical (unpaired) electrons. The molecule has 154 valence electrons. The van der Waals surface area contributed by atoms with Crippen LogP contribution in [-0.4, -0.2) is 34.4 Å². The summed E-state index contributed by atoms with van der Waals surface area (Å²) in [7, 11) is 1.31. The maximum Gasteiger partial charge on any atom is 0.407 e. The molecule has 0 aliphatic carbocycles. The second-order valence-electron chi connectivity index (χ2n) is 7.87. The number of hydrogen-bond acceptors (Lipinski definition) is 4. The Labute approximate surface area is 171 Å². The predicted molar refractivity (Wildman–Crippen MR) is 107 cm³/mol. The molecule has 1 aliphatic rings. The van der Waals surface area contributed by atoms with Crippen molar-refractivity contribution in [3.8, 4) is 0 Å². The highest BCUT2D eigenvalue weighted by Gasteiger charge is 2.40. The summed E-state index contributed by atoms with van der Waals surface area (Å²) in [6.45, 7) is 5.00. The van der Waals surface area contributed by atoms with E-state index in [1.807, 2.05) is 0 Å². The second kappa shape index (κ2) is 6.88. The molecule has 0 amide bonds. The van der Waals surface area contributed by atoms with E-state index in [4.69, 9.17) is 11.6 Å². The Bertz CT molecular complexity index is 1040. The van der Waals surface area contributed by atoms with Crippen molar-refractivity contribution >= 4 is 28.6 Å². The monoisotopic (exact) mass is 423 g/mol. The standard InChI is InChI=1S/C20H21ClF3N5/c1-19(2)8-9-28(14-11-26-16-10-15(21)27-29(16)18(14)19)13-6-4-12(5-7-13)17(25-3)20(22,23)24/h4-7,10-11,17,25H,8-9H2,1-3H3/t17-/m0/s1. The number of hydrogen-bond donors (Lipinski definition) is 1. The van der Waals surface area contributed by atoms with Gasteiger partial charge in [0, 0.05) is 23.7 Å². The summed E-state index contributed by atoms with van der Waals surface area (Å²) in [5.74, 6) is 0. The van der Waals surface area contributed by atoms with E-state index < -0.39 is 12.2 Å². The summed E-state index contributed by atoms with van der Waals surface area (Å²) in [4.78, 5) is 6.53. The molecule has 0 bridgehead atoms. The Morgan fingerprint density at radius 2 is 1.90 bits per heavy atom. The van der Waals surface area contributed by atoms with Crippen LogP contribution in [0, 0.1) is 0 Å². The SMILES string of the molecule is CN[C@@H](c1ccc(N2CCC(C)(C)c3c2cnc2cc(Cl)nn32)cc1)C(F)(F)F. The fraction of sp³-hybridized carbons (Fsp3) is 0.400. The molecule has 2 aromatic heterocycles. The molecule has 1 atom stereocenters. The third-order valence-corrected chi connectivity index (χ3v) is 5.67. The number of alkyl halides is 3. The number of rotatable bonds is 3. The summed E-state index contributed by atoms with van der Waals surface area (Å²) in [5.41, 5.74) is 3.35. The lowest BCUT2D eigenvalue weighted by Crippen LogP contribution is -2.37. The number of fused-ring (bicyclic) bond motifs is 3. The molecule has 1 N–H and O–H groups in total. The molecule has 1 aliphatic heterocycles. The van der Waals surface area contributed by atoms with Crippen LogP contribution in [-0.2, 0) is 5.41 Å². The number of nitrogens with zero attached hydrogens (tertiary/aromatic N) is 4. The fourth-order valence-electron chi connectivity index (χ4n) is 3.99. The maximum absolute atomic E-state index is 13.2. The molecular weight excluding hydrogens is 403 g/mol. The van der Waals surface area contributed by atoms with Gasteiger partial charge in [0.1, 0.15) is 6.04 Å². The van der Waals surface area contributed by atoms with Crippen LogP contribution in [0.4, 0.5) is 24.5 Å². The van der Waals surface area contributed by atoms with Gasteiger partial charge in [-0.3, -0.25) is 0 Å². The smallest absolute Gasteiger partial charge is 0.339 e. The van der Waals surface area contributed by atoms with Crippen molar-refractivity contribution in [2.45, 2.75) is 37.9 Å². The number of aromatic nitrogens is 3. The van der Waals surface area contributed by atoms with Crippen LogP contribution in [0.1, 0.15) is 37.6 Å². The topological polar surface area (TPSA) is 45.5 Å². The Balaban J connectivity index is 1.77. The molecule has 3 aromatic rings. The summed E-state index contributed by atoms with van der Waals surface area (Å²) in [6, 6.07) is 6.47. The van der Waals surface area contributed by atoms with Crippen LogP contribution in [0.15, 0.2) is 36.5 Å². The van der Waals surface area contributed by atoms with Crippen LogP contribution in [0.2, 0.25) is 5.15 Å². The minimum Gasteiger partial charge on any atom is -0.339 e. The summed E-state index contributed by atoms with van der Waals surface area (Å²) in [5, 5.41) is 7.09. The molecule has 4 rings (SSSR count). The van der Waals surface area contributed by atoms with Gasteiger partial charge in [0.2, 0.25) is 0 Å². The highest BCUT2D eigenvalue weighted by molar-refractivity contribution is 6.29. The molecule has 1 aromatic carbocycles. The van der Waals surface area contributed by atoms with Crippen LogP contribution < -0.4 is 10.2 Å². The highest BCUT2D eigenvalue weighted by Crippen LogP contribution is 2.43. The third kappa shape index (κ3) is 3.44. The molecule has 0 saturated carbocycles. The van der Waals surface area contributed by atoms with Gasteiger partial charge in [0.05, 0.1) is 17.6 Å². The van der Waals surface area contributed by atoms with Gasteiger partial charge in [-0.05, 0) is 31.2 Å². The van der Waals surface area contributed by atoms with Gasteiger partial charge < -0.3 is 10.2 Å². The van der Waals surface area contributed by atoms with E-state index in [0.29, 0.717) is 10.8 Å². The number of anilines is 2. The summed E-state index contributed by atoms with van der Waals surface area (Å²) >= 11 is 6.09. The lowest BCUT2D eigenvalue weighted by molar-refractivity contribution is -0.156. The maximum atomic E-state index is 13.2. The number of nitrogens with one attached hydrogen (secondary N) is 1. The molecule has 0 fully saturated rings. The van der Waals surface area contributed by atoms with Crippen molar-refractivity contribution in [3.63, 3.8) is 0 Å². The van der Waals surface area contributed by atoms with E-state index in [-0.39, 0.29) is 11.0 Å². The first-order valence-electron chi connectivity index (χ1n) is 9.28. The zero-order chi connectivity index (χ0) is 21.0. The lowest BCUT2D eigenvalue weighted by Gasteiger charge is -2.39. The van der Waals surface area contributed by atoms with E-state index in [1.165, 1.54) is 19.2 Å². The van der Waals surface area contributed by atoms with E-state index in [0.717, 1.165) is 30.0 Å². The normalized spacial score (nSPS) is 17.4. The van der Waals surface area contributed by atoms with Crippen LogP contribution in [0.5, 0.6) is 0 Å². The van der Waals surface area contributed by atoms with Crippen LogP contribution in [0.3, 0.4) is 0 Å². The van der Waals surface area contributed by atoms with Crippen molar-refractivity contribution in [1.29, 1.82) is 0 Å². The van der Waals surface area contributed by atoms with Gasteiger partial charge in [-0.1, -0.05) is 37.6 Å². The van der Waals surface area contributed by atoms with Crippen LogP contribution in [0.25, 0.3) is 5.65 Å². The Morgan fingerprint density at radius 1 is 1.21 bits per heavy atom. The van der Waals surface area contributed by atoms with Crippen molar-refractivity contribution in [2.24, 2.45) is 0 Å². The van der Waals surface area contributed by atoms with E-state index in [9.17, 15) is 13.2 Å². The largest absolute Gasteiger partial charge is 0.407 e. The molecular formula is C20H21ClF3N5. The average Bonchev–Trinajstić information content (AvgIpc) is 3.01. The van der Waals surface area contributed by atoms with E-state index in [1.54, 1.807) is 28.9 Å². The minimum atomic E-state index is -4.35. The highest BCUT2D eigenvalue weighted by atomic mass is 35.5. The van der Waals surface area contributed by atoms with Gasteiger partial charge in [0.25, 0.3) is 0 Å². The van der Waals surface area contributed by atoms with E-state index in [2.05, 4.69) is 34.1 Å². The average molecular weight is 424 g/mol. The molecule has 0 unspecified atom stereocenters. The zero-order valence-electron chi connectivity index (χ0n) is 16.3. The zero-order valence-corrected chi connectivity index (χ0v) is 17.0. The van der Waals surface area contributed by atoms with Crippen LogP contribution >= 0.6 is 11.6 Å². The minimum absolute atomic E-state index is 0.157. The first kappa shape index (κ1) is 20.0. The van der Waals surface area contributed by atoms with Gasteiger partial charge >= 0.3 is 6.18 Å². The van der Waals surface area contributed by atoms with E-state index >= 15 is 0 Å². The number of halogens is 4. The summed E-state index contributed by atoms with van der Waals surface area (Å²) in [6.07, 6.45) is -1.73. The number of benzene rings is 1. The molecule has 29 heavy (non-hydrogen) atoms. The molecule has 3 heterocycles. The first-order valence-corrected chi connectivity index (χ1v) is 9.66. The Hall–Kier alpha value is -2.32. The fourth-order valence-corrected chi connectivity index (χ4v) is 4.17. The van der Waals surface area contributed by atoms with Gasteiger partial charge in [-0.25, -0.2) is 9.50 Å². The quantitative estimate of drug-likeness (QED) is 0.642. The Kier molecular flexibility index (Phi) is 4.74. The molecule has 0 saturated heterocycles. The van der Waals surface area contributed by atoms with Crippen molar-refractivity contribution < 1.29 is 13.2 Å². The first-order chi connectivity index (χ1) is 13.6. The van der Waals surface area contributed by atoms with Crippen molar-refractivity contribution in [3.05, 3.63) is 52.9 Å². The molecule has 0 spiro atoms. The van der Waals surface area contributed by atoms with Gasteiger partial charge in [-0.2, -0.15) is 18.3 Å². The molecule has 9 heteroatoms. The van der Waals surface area contributed by atoms with Gasteiger partial charge in [0.15, 0.2) is 10.8 Å².